The fourth-order valence-corrected chi connectivity index (χ4v) is 2.31. The molecule has 6 nitrogen and oxygen atoms in total. The lowest BCUT2D eigenvalue weighted by Gasteiger charge is -2.04. The van der Waals surface area contributed by atoms with E-state index in [1.165, 1.54) is 12.1 Å². The maximum atomic E-state index is 11.7. The third-order valence-corrected chi connectivity index (χ3v) is 3.76. The van der Waals surface area contributed by atoms with Crippen LogP contribution in [0.4, 0.5) is 4.79 Å². The second-order valence-corrected chi connectivity index (χ2v) is 5.71. The minimum absolute atomic E-state index is 0.0796. The summed E-state index contributed by atoms with van der Waals surface area (Å²) >= 11 is 0. The molecule has 0 saturated carbocycles. The highest BCUT2D eigenvalue weighted by Gasteiger charge is 2.23. The summed E-state index contributed by atoms with van der Waals surface area (Å²) < 4.78 is 23.2. The first-order valence-corrected chi connectivity index (χ1v) is 6.79. The normalized spacial score (nSPS) is 10.9. The van der Waals surface area contributed by atoms with Crippen molar-refractivity contribution in [3.63, 3.8) is 0 Å². The van der Waals surface area contributed by atoms with E-state index in [1.54, 1.807) is 12.1 Å². The molecule has 1 amide bonds. The van der Waals surface area contributed by atoms with E-state index in [0.717, 1.165) is 5.56 Å². The summed E-state index contributed by atoms with van der Waals surface area (Å²) in [5, 5.41) is 9.22. The minimum atomic E-state index is -3.99. The molecule has 2 N–H and O–H groups in total. The predicted molar refractivity (Wildman–Crippen MR) is 65.3 cm³/mol. The van der Waals surface area contributed by atoms with E-state index >= 15 is 0 Å². The van der Waals surface area contributed by atoms with Gasteiger partial charge in [0.25, 0.3) is 5.12 Å². The van der Waals surface area contributed by atoms with Gasteiger partial charge >= 0.3 is 6.09 Å². The van der Waals surface area contributed by atoms with Gasteiger partial charge in [-0.3, -0.25) is 4.79 Å². The van der Waals surface area contributed by atoms with E-state index in [4.69, 9.17) is 5.11 Å². The Hall–Kier alpha value is -1.89. The van der Waals surface area contributed by atoms with Crippen molar-refractivity contribution in [2.45, 2.75) is 6.92 Å². The zero-order chi connectivity index (χ0) is 13.8. The van der Waals surface area contributed by atoms with Crippen LogP contribution in [-0.2, 0) is 9.84 Å². The van der Waals surface area contributed by atoms with Crippen LogP contribution < -0.4 is 5.32 Å². The Morgan fingerprint density at radius 2 is 1.78 bits per heavy atom. The van der Waals surface area contributed by atoms with Crippen LogP contribution in [0.2, 0.25) is 0 Å². The van der Waals surface area contributed by atoms with Gasteiger partial charge in [0, 0.05) is 12.1 Å². The van der Waals surface area contributed by atoms with E-state index in [9.17, 15) is 18.0 Å². The summed E-state index contributed by atoms with van der Waals surface area (Å²) in [7, 11) is -3.99. The van der Waals surface area contributed by atoms with Crippen LogP contribution in [0.3, 0.4) is 0 Å². The number of sulfone groups is 1. The molecule has 0 radical (unpaired) electrons. The van der Waals surface area contributed by atoms with E-state index in [2.05, 4.69) is 0 Å². The molecule has 0 aliphatic carbocycles. The van der Waals surface area contributed by atoms with Gasteiger partial charge in [-0.15, -0.1) is 0 Å². The lowest BCUT2D eigenvalue weighted by molar-refractivity contribution is 0.107. The minimum Gasteiger partial charge on any atom is -0.465 e. The highest BCUT2D eigenvalue weighted by atomic mass is 32.2. The molecule has 98 valence electrons. The number of carboxylic acid groups (broad SMARTS) is 1. The van der Waals surface area contributed by atoms with Crippen molar-refractivity contribution in [1.29, 1.82) is 0 Å². The van der Waals surface area contributed by atoms with E-state index in [0.29, 0.717) is 0 Å². The standard InChI is InChI=1S/C11H13NO5S/c1-8-2-4-9(5-3-8)10(13)18(16,17)7-6-12-11(14)15/h2-5,12H,6-7H2,1H3,(H,14,15). The Balaban J connectivity index is 2.76. The van der Waals surface area contributed by atoms with Gasteiger partial charge in [0.1, 0.15) is 0 Å². The van der Waals surface area contributed by atoms with Crippen LogP contribution >= 0.6 is 0 Å². The molecule has 0 fully saturated rings. The number of carbonyl (C=O) groups excluding carboxylic acids is 1. The molecule has 0 unspecified atom stereocenters. The molecule has 1 aromatic rings. The maximum absolute atomic E-state index is 11.7. The largest absolute Gasteiger partial charge is 0.465 e. The molecule has 7 heteroatoms. The van der Waals surface area contributed by atoms with Crippen molar-refractivity contribution in [2.75, 3.05) is 12.3 Å². The van der Waals surface area contributed by atoms with Gasteiger partial charge < -0.3 is 10.4 Å². The molecule has 0 aromatic heterocycles. The number of nitrogens with one attached hydrogen (secondary N) is 1. The Kier molecular flexibility index (Phi) is 4.43. The predicted octanol–water partition coefficient (Wildman–Crippen LogP) is 0.818. The lowest BCUT2D eigenvalue weighted by Crippen LogP contribution is -2.30. The van der Waals surface area contributed by atoms with Crippen LogP contribution in [0.1, 0.15) is 15.9 Å². The van der Waals surface area contributed by atoms with Gasteiger partial charge in [-0.25, -0.2) is 13.2 Å². The number of amides is 1. The summed E-state index contributed by atoms with van der Waals surface area (Å²) in [6.45, 7) is 1.51. The molecule has 0 aliphatic heterocycles. The first-order chi connectivity index (χ1) is 8.33. The van der Waals surface area contributed by atoms with Crippen LogP contribution in [0.15, 0.2) is 24.3 Å². The quantitative estimate of drug-likeness (QED) is 0.844. The first-order valence-electron chi connectivity index (χ1n) is 5.13. The van der Waals surface area contributed by atoms with Crippen molar-refractivity contribution in [3.05, 3.63) is 35.4 Å². The molecule has 0 bridgehead atoms. The third-order valence-electron chi connectivity index (χ3n) is 2.22. The van der Waals surface area contributed by atoms with Crippen molar-refractivity contribution < 1.29 is 23.1 Å². The van der Waals surface area contributed by atoms with Crippen LogP contribution in [-0.4, -0.2) is 37.0 Å². The second kappa shape index (κ2) is 5.63. The van der Waals surface area contributed by atoms with Crippen LogP contribution in [0, 0.1) is 6.92 Å². The van der Waals surface area contributed by atoms with E-state index < -0.39 is 26.8 Å². The molecule has 0 atom stereocenters. The van der Waals surface area contributed by atoms with Crippen molar-refractivity contribution in [2.24, 2.45) is 0 Å². The summed E-state index contributed by atoms with van der Waals surface area (Å²) in [6, 6.07) is 6.14. The lowest BCUT2D eigenvalue weighted by atomic mass is 10.2. The van der Waals surface area contributed by atoms with Gasteiger partial charge in [-0.2, -0.15) is 0 Å². The molecule has 18 heavy (non-hydrogen) atoms. The van der Waals surface area contributed by atoms with Crippen LogP contribution in [0.25, 0.3) is 0 Å². The average Bonchev–Trinajstić information content (AvgIpc) is 2.28. The number of hydrogen-bond acceptors (Lipinski definition) is 4. The monoisotopic (exact) mass is 271 g/mol. The van der Waals surface area contributed by atoms with Crippen molar-refractivity contribution in [3.8, 4) is 0 Å². The highest BCUT2D eigenvalue weighted by Crippen LogP contribution is 2.08. The molecule has 1 rings (SSSR count). The van der Waals surface area contributed by atoms with Crippen molar-refractivity contribution in [1.82, 2.24) is 5.32 Å². The SMILES string of the molecule is Cc1ccc(C(=O)S(=O)(=O)CCNC(=O)O)cc1. The fourth-order valence-electron chi connectivity index (χ4n) is 1.25. The van der Waals surface area contributed by atoms with E-state index in [1.807, 2.05) is 12.2 Å². The summed E-state index contributed by atoms with van der Waals surface area (Å²) in [5.74, 6) is -0.550. The molecular weight excluding hydrogens is 258 g/mol. The average molecular weight is 271 g/mol. The fraction of sp³-hybridized carbons (Fsp3) is 0.273. The summed E-state index contributed by atoms with van der Waals surface area (Å²) in [4.78, 5) is 21.9. The summed E-state index contributed by atoms with van der Waals surface area (Å²) in [5.41, 5.74) is 0.993. The number of rotatable bonds is 4. The highest BCUT2D eigenvalue weighted by molar-refractivity contribution is 8.06. The number of carbonyl (C=O) groups is 2. The zero-order valence-corrected chi connectivity index (χ0v) is 10.5. The number of aryl methyl sites for hydroxylation is 1. The van der Waals surface area contributed by atoms with Gasteiger partial charge in [0.15, 0.2) is 0 Å². The van der Waals surface area contributed by atoms with E-state index in [-0.39, 0.29) is 12.1 Å². The molecule has 0 saturated heterocycles. The maximum Gasteiger partial charge on any atom is 0.404 e. The Morgan fingerprint density at radius 1 is 1.22 bits per heavy atom. The number of benzene rings is 1. The molecule has 0 aliphatic rings. The van der Waals surface area contributed by atoms with Crippen LogP contribution in [0.5, 0.6) is 0 Å². The van der Waals surface area contributed by atoms with Gasteiger partial charge in [-0.1, -0.05) is 29.8 Å². The molecule has 1 aromatic carbocycles. The molecule has 0 spiro atoms. The third kappa shape index (κ3) is 3.85. The second-order valence-electron chi connectivity index (χ2n) is 3.70. The van der Waals surface area contributed by atoms with Crippen molar-refractivity contribution >= 4 is 21.0 Å². The first kappa shape index (κ1) is 14.2. The molecular formula is C11H13NO5S. The molecule has 0 heterocycles. The number of hydrogen-bond donors (Lipinski definition) is 2. The van der Waals surface area contributed by atoms with Gasteiger partial charge in [-0.05, 0) is 6.92 Å². The zero-order valence-electron chi connectivity index (χ0n) is 9.71. The Morgan fingerprint density at radius 3 is 2.28 bits per heavy atom. The van der Waals surface area contributed by atoms with Gasteiger partial charge in [0.05, 0.1) is 5.75 Å². The Bertz CT molecular complexity index is 547. The topological polar surface area (TPSA) is 101 Å². The smallest absolute Gasteiger partial charge is 0.404 e. The summed E-state index contributed by atoms with van der Waals surface area (Å²) in [6.07, 6.45) is -1.33. The van der Waals surface area contributed by atoms with Gasteiger partial charge in [0.2, 0.25) is 9.84 Å². The Labute approximate surface area is 105 Å².